The first kappa shape index (κ1) is 20.6. The van der Waals surface area contributed by atoms with Crippen LogP contribution in [0.15, 0.2) is 24.3 Å². The number of urea groups is 1. The molecular weight excluding hydrogens is 352 g/mol. The van der Waals surface area contributed by atoms with E-state index >= 15 is 0 Å². The molecular formula is C22H34N4O2. The van der Waals surface area contributed by atoms with Gasteiger partial charge in [-0.1, -0.05) is 19.1 Å². The van der Waals surface area contributed by atoms with Gasteiger partial charge in [-0.25, -0.2) is 4.79 Å². The number of carbonyl (C=O) groups is 2. The maximum Gasteiger partial charge on any atom is 0.317 e. The van der Waals surface area contributed by atoms with Crippen LogP contribution in [0.25, 0.3) is 0 Å². The topological polar surface area (TPSA) is 55.9 Å². The summed E-state index contributed by atoms with van der Waals surface area (Å²) in [7, 11) is 0. The van der Waals surface area contributed by atoms with E-state index in [0.29, 0.717) is 12.5 Å². The van der Waals surface area contributed by atoms with E-state index in [1.807, 2.05) is 34.9 Å². The maximum atomic E-state index is 13.0. The van der Waals surface area contributed by atoms with Crippen molar-refractivity contribution in [3.05, 3.63) is 35.4 Å². The zero-order chi connectivity index (χ0) is 19.9. The van der Waals surface area contributed by atoms with Gasteiger partial charge in [0.05, 0.1) is 0 Å². The van der Waals surface area contributed by atoms with Crippen molar-refractivity contribution in [2.45, 2.75) is 39.0 Å². The van der Waals surface area contributed by atoms with Crippen molar-refractivity contribution >= 4 is 11.9 Å². The fourth-order valence-corrected chi connectivity index (χ4v) is 4.30. The monoisotopic (exact) mass is 386 g/mol. The van der Waals surface area contributed by atoms with E-state index in [0.717, 1.165) is 70.6 Å². The van der Waals surface area contributed by atoms with Gasteiger partial charge in [-0.05, 0) is 50.4 Å². The number of rotatable bonds is 5. The number of nitrogens with one attached hydrogen (secondary N) is 1. The van der Waals surface area contributed by atoms with Gasteiger partial charge in [-0.15, -0.1) is 0 Å². The Hall–Kier alpha value is -2.08. The second-order valence-corrected chi connectivity index (χ2v) is 7.88. The molecule has 28 heavy (non-hydrogen) atoms. The third kappa shape index (κ3) is 5.04. The molecule has 1 atom stereocenters. The fraction of sp³-hybridized carbons (Fsp3) is 0.636. The largest absolute Gasteiger partial charge is 0.338 e. The average Bonchev–Trinajstić information content (AvgIpc) is 2.74. The minimum atomic E-state index is 0.0179. The second kappa shape index (κ2) is 9.92. The highest BCUT2D eigenvalue weighted by molar-refractivity contribution is 5.94. The molecule has 1 aromatic carbocycles. The maximum absolute atomic E-state index is 13.0. The summed E-state index contributed by atoms with van der Waals surface area (Å²) in [6.07, 6.45) is 3.22. The van der Waals surface area contributed by atoms with E-state index in [9.17, 15) is 9.59 Å². The fourth-order valence-electron chi connectivity index (χ4n) is 4.30. The molecule has 3 amide bonds. The molecule has 6 heteroatoms. The molecule has 2 aliphatic heterocycles. The highest BCUT2D eigenvalue weighted by atomic mass is 16.2. The van der Waals surface area contributed by atoms with Crippen molar-refractivity contribution in [1.29, 1.82) is 0 Å². The number of nitrogens with zero attached hydrogens (tertiary/aromatic N) is 3. The average molecular weight is 387 g/mol. The number of hydrogen-bond acceptors (Lipinski definition) is 3. The second-order valence-electron chi connectivity index (χ2n) is 7.88. The summed E-state index contributed by atoms with van der Waals surface area (Å²) < 4.78 is 0. The van der Waals surface area contributed by atoms with Crippen LogP contribution in [-0.2, 0) is 0 Å². The summed E-state index contributed by atoms with van der Waals surface area (Å²) in [4.78, 5) is 31.5. The lowest BCUT2D eigenvalue weighted by atomic mass is 9.89. The molecule has 2 fully saturated rings. The van der Waals surface area contributed by atoms with Gasteiger partial charge in [0.15, 0.2) is 0 Å². The van der Waals surface area contributed by atoms with Crippen LogP contribution in [0.3, 0.4) is 0 Å². The normalized spacial score (nSPS) is 20.9. The SMILES string of the molecule is CCCN1CCN(C(=O)c2cccc([C@H]3CCCN(C(=O)NCC)C3)c2)CC1. The molecule has 0 radical (unpaired) electrons. The summed E-state index contributed by atoms with van der Waals surface area (Å²) in [5, 5.41) is 2.89. The third-order valence-electron chi connectivity index (χ3n) is 5.84. The number of amides is 3. The summed E-state index contributed by atoms with van der Waals surface area (Å²) in [6.45, 7) is 11.0. The predicted molar refractivity (Wildman–Crippen MR) is 112 cm³/mol. The molecule has 2 heterocycles. The Morgan fingerprint density at radius 2 is 1.86 bits per heavy atom. The number of piperazine rings is 1. The Morgan fingerprint density at radius 1 is 1.07 bits per heavy atom. The number of hydrogen-bond donors (Lipinski definition) is 1. The van der Waals surface area contributed by atoms with Crippen molar-refractivity contribution in [3.63, 3.8) is 0 Å². The number of likely N-dealkylation sites (tertiary alicyclic amines) is 1. The van der Waals surface area contributed by atoms with Crippen LogP contribution in [0.2, 0.25) is 0 Å². The Bertz CT molecular complexity index is 670. The van der Waals surface area contributed by atoms with Crippen LogP contribution in [-0.4, -0.2) is 79.0 Å². The van der Waals surface area contributed by atoms with E-state index in [-0.39, 0.29) is 11.9 Å². The minimum absolute atomic E-state index is 0.0179. The molecule has 0 aliphatic carbocycles. The van der Waals surface area contributed by atoms with Gasteiger partial charge in [-0.3, -0.25) is 9.69 Å². The van der Waals surface area contributed by atoms with Crippen LogP contribution in [0, 0.1) is 0 Å². The summed E-state index contributed by atoms with van der Waals surface area (Å²) in [5.74, 6) is 0.430. The molecule has 0 saturated carbocycles. The number of carbonyl (C=O) groups excluding carboxylic acids is 2. The summed E-state index contributed by atoms with van der Waals surface area (Å²) in [6, 6.07) is 8.08. The molecule has 6 nitrogen and oxygen atoms in total. The third-order valence-corrected chi connectivity index (χ3v) is 5.84. The predicted octanol–water partition coefficient (Wildman–Crippen LogP) is 2.76. The zero-order valence-electron chi connectivity index (χ0n) is 17.3. The zero-order valence-corrected chi connectivity index (χ0v) is 17.3. The Morgan fingerprint density at radius 3 is 2.57 bits per heavy atom. The van der Waals surface area contributed by atoms with E-state index in [2.05, 4.69) is 23.2 Å². The van der Waals surface area contributed by atoms with E-state index < -0.39 is 0 Å². The molecule has 1 aromatic rings. The van der Waals surface area contributed by atoms with Crippen molar-refractivity contribution in [2.24, 2.45) is 0 Å². The van der Waals surface area contributed by atoms with Crippen LogP contribution in [0.5, 0.6) is 0 Å². The lowest BCUT2D eigenvalue weighted by Gasteiger charge is -2.35. The van der Waals surface area contributed by atoms with Crippen molar-refractivity contribution in [1.82, 2.24) is 20.0 Å². The van der Waals surface area contributed by atoms with Gasteiger partial charge in [0, 0.05) is 57.3 Å². The quantitative estimate of drug-likeness (QED) is 0.847. The minimum Gasteiger partial charge on any atom is -0.338 e. The van der Waals surface area contributed by atoms with Gasteiger partial charge >= 0.3 is 6.03 Å². The van der Waals surface area contributed by atoms with Crippen LogP contribution in [0.1, 0.15) is 54.9 Å². The van der Waals surface area contributed by atoms with Crippen molar-refractivity contribution in [3.8, 4) is 0 Å². The molecule has 3 rings (SSSR count). The van der Waals surface area contributed by atoms with Crippen LogP contribution in [0.4, 0.5) is 4.79 Å². The van der Waals surface area contributed by atoms with Gasteiger partial charge in [0.1, 0.15) is 0 Å². The molecule has 154 valence electrons. The molecule has 2 saturated heterocycles. The van der Waals surface area contributed by atoms with E-state index in [1.54, 1.807) is 0 Å². The molecule has 0 bridgehead atoms. The molecule has 1 N–H and O–H groups in total. The molecule has 0 aromatic heterocycles. The Kier molecular flexibility index (Phi) is 7.31. The highest BCUT2D eigenvalue weighted by Gasteiger charge is 2.26. The van der Waals surface area contributed by atoms with E-state index in [1.165, 1.54) is 5.56 Å². The summed E-state index contributed by atoms with van der Waals surface area (Å²) in [5.41, 5.74) is 1.95. The van der Waals surface area contributed by atoms with Crippen molar-refractivity contribution in [2.75, 3.05) is 52.4 Å². The van der Waals surface area contributed by atoms with Gasteiger partial charge in [0.25, 0.3) is 5.91 Å². The number of piperidine rings is 1. The lowest BCUT2D eigenvalue weighted by molar-refractivity contribution is 0.0637. The van der Waals surface area contributed by atoms with Crippen LogP contribution >= 0.6 is 0 Å². The Labute approximate surface area is 168 Å². The van der Waals surface area contributed by atoms with E-state index in [4.69, 9.17) is 0 Å². The van der Waals surface area contributed by atoms with Crippen molar-refractivity contribution < 1.29 is 9.59 Å². The first-order valence-electron chi connectivity index (χ1n) is 10.8. The highest BCUT2D eigenvalue weighted by Crippen LogP contribution is 2.28. The molecule has 0 spiro atoms. The Balaban J connectivity index is 1.63. The standard InChI is InChI=1S/C22H34N4O2/c1-3-10-24-12-14-25(15-13-24)21(27)19-8-5-7-18(16-19)20-9-6-11-26(17-20)22(28)23-4-2/h5,7-8,16,20H,3-4,6,9-15,17H2,1-2H3,(H,23,28)/t20-/m0/s1. The van der Waals surface area contributed by atoms with Gasteiger partial charge in [0.2, 0.25) is 0 Å². The molecule has 0 unspecified atom stereocenters. The number of benzene rings is 1. The molecule has 2 aliphatic rings. The lowest BCUT2D eigenvalue weighted by Crippen LogP contribution is -2.48. The first-order chi connectivity index (χ1) is 13.6. The van der Waals surface area contributed by atoms with Gasteiger partial charge in [-0.2, -0.15) is 0 Å². The summed E-state index contributed by atoms with van der Waals surface area (Å²) >= 11 is 0. The first-order valence-corrected chi connectivity index (χ1v) is 10.8. The van der Waals surface area contributed by atoms with Crippen LogP contribution < -0.4 is 5.32 Å². The smallest absolute Gasteiger partial charge is 0.317 e. The van der Waals surface area contributed by atoms with Gasteiger partial charge < -0.3 is 15.1 Å².